The fraction of sp³-hybridized carbons (Fsp3) is 0.941. The molecular formula is C17H32N2O. The highest BCUT2D eigenvalue weighted by molar-refractivity contribution is 5.77. The summed E-state index contributed by atoms with van der Waals surface area (Å²) in [5.41, 5.74) is 5.78. The second kappa shape index (κ2) is 6.93. The maximum Gasteiger partial charge on any atom is 0.220 e. The Morgan fingerprint density at radius 1 is 1.30 bits per heavy atom. The van der Waals surface area contributed by atoms with Gasteiger partial charge in [0.15, 0.2) is 0 Å². The van der Waals surface area contributed by atoms with Crippen molar-refractivity contribution < 1.29 is 4.79 Å². The van der Waals surface area contributed by atoms with Crippen molar-refractivity contribution in [1.29, 1.82) is 0 Å². The van der Waals surface area contributed by atoms with Crippen LogP contribution >= 0.6 is 0 Å². The summed E-state index contributed by atoms with van der Waals surface area (Å²) in [5.74, 6) is 1.65. The zero-order chi connectivity index (χ0) is 14.6. The van der Waals surface area contributed by atoms with Gasteiger partial charge in [0.2, 0.25) is 5.91 Å². The minimum Gasteiger partial charge on any atom is -0.369 e. The molecule has 20 heavy (non-hydrogen) atoms. The Hall–Kier alpha value is -0.570. The van der Waals surface area contributed by atoms with E-state index in [0.29, 0.717) is 0 Å². The van der Waals surface area contributed by atoms with E-state index in [1.807, 2.05) is 0 Å². The van der Waals surface area contributed by atoms with Gasteiger partial charge in [-0.25, -0.2) is 0 Å². The summed E-state index contributed by atoms with van der Waals surface area (Å²) < 4.78 is 0. The van der Waals surface area contributed by atoms with Crippen molar-refractivity contribution in [1.82, 2.24) is 5.32 Å². The Morgan fingerprint density at radius 3 is 2.75 bits per heavy atom. The lowest BCUT2D eigenvalue weighted by Crippen LogP contribution is -2.46. The van der Waals surface area contributed by atoms with Crippen LogP contribution in [0.5, 0.6) is 0 Å². The third kappa shape index (κ3) is 3.55. The number of carbonyl (C=O) groups excluding carboxylic acids is 1. The van der Waals surface area contributed by atoms with Gasteiger partial charge in [0, 0.05) is 11.5 Å². The van der Waals surface area contributed by atoms with Crippen molar-refractivity contribution in [2.75, 3.05) is 6.54 Å². The molecule has 4 unspecified atom stereocenters. The van der Waals surface area contributed by atoms with E-state index in [0.717, 1.165) is 31.2 Å². The Kier molecular flexibility index (Phi) is 5.48. The zero-order valence-corrected chi connectivity index (χ0v) is 13.3. The van der Waals surface area contributed by atoms with Crippen LogP contribution in [0, 0.1) is 17.8 Å². The maximum atomic E-state index is 11.5. The third-order valence-electron chi connectivity index (χ3n) is 5.64. The quantitative estimate of drug-likeness (QED) is 0.671. The molecule has 1 heterocycles. The van der Waals surface area contributed by atoms with Gasteiger partial charge < -0.3 is 11.1 Å². The highest BCUT2D eigenvalue weighted by Crippen LogP contribution is 2.55. The lowest BCUT2D eigenvalue weighted by atomic mass is 9.84. The normalized spacial score (nSPS) is 34.1. The second-order valence-electron chi connectivity index (χ2n) is 7.00. The Bertz CT molecular complexity index is 331. The Balaban J connectivity index is 1.82. The summed E-state index contributed by atoms with van der Waals surface area (Å²) in [6.45, 7) is 5.56. The molecule has 1 saturated heterocycles. The van der Waals surface area contributed by atoms with Crippen LogP contribution in [0.3, 0.4) is 0 Å². The molecule has 1 saturated carbocycles. The molecule has 3 heteroatoms. The van der Waals surface area contributed by atoms with Gasteiger partial charge in [-0.2, -0.15) is 0 Å². The van der Waals surface area contributed by atoms with E-state index < -0.39 is 0 Å². The summed E-state index contributed by atoms with van der Waals surface area (Å²) in [7, 11) is 0. The molecule has 1 amide bonds. The fourth-order valence-corrected chi connectivity index (χ4v) is 4.26. The maximum absolute atomic E-state index is 11.5. The molecule has 0 aromatic rings. The number of carbonyl (C=O) groups is 1. The van der Waals surface area contributed by atoms with E-state index in [1.165, 1.54) is 44.9 Å². The van der Waals surface area contributed by atoms with Crippen molar-refractivity contribution in [2.24, 2.45) is 23.5 Å². The predicted molar refractivity (Wildman–Crippen MR) is 83.3 cm³/mol. The highest BCUT2D eigenvalue weighted by Gasteiger charge is 2.58. The topological polar surface area (TPSA) is 55.1 Å². The molecule has 0 radical (unpaired) electrons. The van der Waals surface area contributed by atoms with Crippen LogP contribution in [0.25, 0.3) is 0 Å². The molecule has 0 aromatic heterocycles. The summed E-state index contributed by atoms with van der Waals surface area (Å²) in [5, 5.41) is 3.71. The van der Waals surface area contributed by atoms with Gasteiger partial charge in [0.1, 0.15) is 0 Å². The smallest absolute Gasteiger partial charge is 0.220 e. The number of hydrogen-bond acceptors (Lipinski definition) is 2. The Morgan fingerprint density at radius 2 is 2.10 bits per heavy atom. The van der Waals surface area contributed by atoms with E-state index in [9.17, 15) is 4.79 Å². The van der Waals surface area contributed by atoms with E-state index in [4.69, 9.17) is 5.73 Å². The summed E-state index contributed by atoms with van der Waals surface area (Å²) in [4.78, 5) is 11.5. The van der Waals surface area contributed by atoms with E-state index in [-0.39, 0.29) is 17.4 Å². The van der Waals surface area contributed by atoms with Gasteiger partial charge >= 0.3 is 0 Å². The van der Waals surface area contributed by atoms with Crippen molar-refractivity contribution >= 4 is 5.91 Å². The van der Waals surface area contributed by atoms with Crippen molar-refractivity contribution in [3.05, 3.63) is 0 Å². The first kappa shape index (κ1) is 15.8. The van der Waals surface area contributed by atoms with E-state index in [1.54, 1.807) is 0 Å². The predicted octanol–water partition coefficient (Wildman–Crippen LogP) is 3.23. The Labute approximate surface area is 124 Å². The average Bonchev–Trinajstić information content (AvgIpc) is 3.12. The van der Waals surface area contributed by atoms with Gasteiger partial charge in [-0.3, -0.25) is 4.79 Å². The summed E-state index contributed by atoms with van der Waals surface area (Å²) in [6, 6.07) is 0. The number of primary amides is 1. The number of hydrogen-bond donors (Lipinski definition) is 2. The van der Waals surface area contributed by atoms with Crippen molar-refractivity contribution in [3.8, 4) is 0 Å². The van der Waals surface area contributed by atoms with Crippen LogP contribution < -0.4 is 11.1 Å². The third-order valence-corrected chi connectivity index (χ3v) is 5.64. The minimum absolute atomic E-state index is 0.0903. The largest absolute Gasteiger partial charge is 0.369 e. The molecule has 4 atom stereocenters. The summed E-state index contributed by atoms with van der Waals surface area (Å²) >= 11 is 0. The molecule has 1 aliphatic carbocycles. The monoisotopic (exact) mass is 280 g/mol. The highest BCUT2D eigenvalue weighted by atomic mass is 16.1. The molecule has 0 bridgehead atoms. The molecule has 3 N–H and O–H groups in total. The number of amides is 1. The van der Waals surface area contributed by atoms with Crippen LogP contribution in [0.4, 0.5) is 0 Å². The lowest BCUT2D eigenvalue weighted by molar-refractivity contribution is -0.123. The molecule has 2 fully saturated rings. The first-order chi connectivity index (χ1) is 9.63. The van der Waals surface area contributed by atoms with Gasteiger partial charge in [-0.15, -0.1) is 0 Å². The van der Waals surface area contributed by atoms with E-state index in [2.05, 4.69) is 19.2 Å². The van der Waals surface area contributed by atoms with Gasteiger partial charge in [-0.1, -0.05) is 52.4 Å². The minimum atomic E-state index is -0.0903. The molecule has 2 rings (SSSR count). The molecule has 1 aliphatic heterocycles. The average molecular weight is 280 g/mol. The van der Waals surface area contributed by atoms with Crippen molar-refractivity contribution in [2.45, 2.75) is 77.2 Å². The molecule has 1 spiro atoms. The number of unbranched alkanes of at least 4 members (excludes halogenated alkanes) is 3. The SMILES string of the molecule is CCCCCCC(CC)C1CC12CC(C(N)=O)CCN2. The van der Waals surface area contributed by atoms with Crippen LogP contribution in [0.2, 0.25) is 0 Å². The van der Waals surface area contributed by atoms with Crippen LogP contribution in [0.1, 0.15) is 71.6 Å². The lowest BCUT2D eigenvalue weighted by Gasteiger charge is -2.31. The van der Waals surface area contributed by atoms with Crippen molar-refractivity contribution in [3.63, 3.8) is 0 Å². The van der Waals surface area contributed by atoms with Crippen LogP contribution in [0.15, 0.2) is 0 Å². The summed E-state index contributed by atoms with van der Waals surface area (Å²) in [6.07, 6.45) is 11.3. The first-order valence-corrected chi connectivity index (χ1v) is 8.67. The van der Waals surface area contributed by atoms with Gasteiger partial charge in [0.05, 0.1) is 0 Å². The standard InChI is InChI=1S/C17H32N2O/c1-3-5-6-7-8-13(4-2)15-12-17(15)11-14(16(18)20)9-10-19-17/h13-15,19H,3-12H2,1-2H3,(H2,18,20). The first-order valence-electron chi connectivity index (χ1n) is 8.67. The molecule has 0 aromatic carbocycles. The number of nitrogens with two attached hydrogens (primary N) is 1. The zero-order valence-electron chi connectivity index (χ0n) is 13.3. The fourth-order valence-electron chi connectivity index (χ4n) is 4.26. The molecule has 3 nitrogen and oxygen atoms in total. The van der Waals surface area contributed by atoms with Gasteiger partial charge in [0.25, 0.3) is 0 Å². The van der Waals surface area contributed by atoms with Gasteiger partial charge in [-0.05, 0) is 37.6 Å². The number of rotatable bonds is 8. The molecule has 2 aliphatic rings. The van der Waals surface area contributed by atoms with Crippen LogP contribution in [-0.4, -0.2) is 18.0 Å². The van der Waals surface area contributed by atoms with E-state index >= 15 is 0 Å². The second-order valence-corrected chi connectivity index (χ2v) is 7.00. The molecular weight excluding hydrogens is 248 g/mol. The van der Waals surface area contributed by atoms with Crippen LogP contribution in [-0.2, 0) is 4.79 Å². The molecule has 116 valence electrons. The number of nitrogens with one attached hydrogen (secondary N) is 1. The number of piperidine rings is 1.